The van der Waals surface area contributed by atoms with Gasteiger partial charge in [0.05, 0.1) is 9.50 Å². The molecule has 0 fully saturated rings. The summed E-state index contributed by atoms with van der Waals surface area (Å²) in [6.45, 7) is 0.895. The van der Waals surface area contributed by atoms with E-state index in [-0.39, 0.29) is 5.78 Å². The normalized spacial score (nSPS) is 16.9. The summed E-state index contributed by atoms with van der Waals surface area (Å²) in [5.41, 5.74) is 0.672. The number of fused-ring (bicyclic) bond motifs is 1. The van der Waals surface area contributed by atoms with Gasteiger partial charge in [-0.3, -0.25) is 4.79 Å². The van der Waals surface area contributed by atoms with Crippen molar-refractivity contribution in [1.29, 1.82) is 0 Å². The topological polar surface area (TPSA) is 22.0 Å². The van der Waals surface area contributed by atoms with Crippen LogP contribution in [0.25, 0.3) is 0 Å². The van der Waals surface area contributed by atoms with Crippen LogP contribution in [-0.4, -0.2) is 10.4 Å². The molecule has 0 saturated heterocycles. The minimum Gasteiger partial charge on any atom is -0.343 e. The molecule has 0 N–H and O–H groups in total. The molecule has 0 aliphatic carbocycles. The number of carbonyl (C=O) groups is 1. The third-order valence-corrected chi connectivity index (χ3v) is 3.50. The Kier molecular flexibility index (Phi) is 2.47. The van der Waals surface area contributed by atoms with Crippen molar-refractivity contribution in [1.82, 2.24) is 4.57 Å². The summed E-state index contributed by atoms with van der Waals surface area (Å²) in [7, 11) is 0. The summed E-state index contributed by atoms with van der Waals surface area (Å²) in [6, 6.07) is 0. The van der Waals surface area contributed by atoms with Gasteiger partial charge < -0.3 is 4.57 Å². The van der Waals surface area contributed by atoms with Gasteiger partial charge in [-0.15, -0.1) is 0 Å². The van der Waals surface area contributed by atoms with Crippen LogP contribution in [0.15, 0.2) is 10.7 Å². The second kappa shape index (κ2) is 3.46. The number of halogens is 2. The quantitative estimate of drug-likeness (QED) is 0.703. The number of nitrogens with zero attached hydrogens (tertiary/aromatic N) is 1. The van der Waals surface area contributed by atoms with Crippen molar-refractivity contribution < 1.29 is 4.79 Å². The summed E-state index contributed by atoms with van der Waals surface area (Å²) < 4.78 is 2.77. The third-order valence-electron chi connectivity index (χ3n) is 2.29. The average Bonchev–Trinajstić information content (AvgIpc) is 2.29. The summed E-state index contributed by atoms with van der Waals surface area (Å²) in [4.78, 5) is 11.6. The molecule has 1 aliphatic heterocycles. The molecule has 13 heavy (non-hydrogen) atoms. The number of carbonyl (C=O) groups excluding carboxylic acids is 1. The minimum absolute atomic E-state index is 0.160. The Balaban J connectivity index is 2.54. The molecule has 2 nitrogen and oxygen atoms in total. The number of rotatable bonds is 0. The molecule has 2 heterocycles. The lowest BCUT2D eigenvalue weighted by atomic mass is 10.1. The predicted molar refractivity (Wildman–Crippen MR) is 55.3 cm³/mol. The lowest BCUT2D eigenvalue weighted by molar-refractivity contribution is 0.0977. The van der Waals surface area contributed by atoms with Gasteiger partial charge in [0, 0.05) is 19.2 Å². The number of Topliss-reactive ketones (excluding diaryl/α,β-unsaturated/α-hetero) is 1. The van der Waals surface area contributed by atoms with Crippen molar-refractivity contribution in [2.75, 3.05) is 0 Å². The van der Waals surface area contributed by atoms with E-state index in [1.165, 1.54) is 0 Å². The van der Waals surface area contributed by atoms with E-state index in [2.05, 4.69) is 15.9 Å². The minimum atomic E-state index is 0.160. The zero-order valence-electron chi connectivity index (χ0n) is 7.02. The molecule has 0 radical (unpaired) electrons. The highest BCUT2D eigenvalue weighted by atomic mass is 79.9. The van der Waals surface area contributed by atoms with Crippen molar-refractivity contribution in [2.24, 2.45) is 0 Å². The van der Waals surface area contributed by atoms with Crippen molar-refractivity contribution in [3.05, 3.63) is 21.4 Å². The molecule has 0 saturated carbocycles. The molecule has 0 spiro atoms. The van der Waals surface area contributed by atoms with E-state index in [9.17, 15) is 4.79 Å². The Morgan fingerprint density at radius 1 is 1.46 bits per heavy atom. The summed E-state index contributed by atoms with van der Waals surface area (Å²) in [5, 5.41) is 0.562. The molecule has 0 atom stereocenters. The number of ketones is 1. The first-order valence-corrected chi connectivity index (χ1v) is 5.44. The maximum atomic E-state index is 11.6. The maximum absolute atomic E-state index is 11.6. The van der Waals surface area contributed by atoms with E-state index in [4.69, 9.17) is 11.6 Å². The Hall–Kier alpha value is -0.280. The first kappa shape index (κ1) is 9.28. The van der Waals surface area contributed by atoms with Crippen molar-refractivity contribution >= 4 is 33.3 Å². The standard InChI is InChI=1S/C9H9BrClNO/c10-6-5-12-4-2-1-3-7(13)9(12)8(6)11/h5H,1-4H2. The van der Waals surface area contributed by atoms with E-state index in [0.717, 1.165) is 23.9 Å². The molecule has 0 aromatic carbocycles. The van der Waals surface area contributed by atoms with Crippen molar-refractivity contribution in [2.45, 2.75) is 25.8 Å². The van der Waals surface area contributed by atoms with E-state index in [0.29, 0.717) is 17.1 Å². The molecule has 1 aromatic heterocycles. The number of hydrogen-bond donors (Lipinski definition) is 0. The number of aromatic nitrogens is 1. The molecule has 1 aliphatic rings. The van der Waals surface area contributed by atoms with E-state index in [1.54, 1.807) is 0 Å². The first-order chi connectivity index (χ1) is 6.20. The van der Waals surface area contributed by atoms with E-state index >= 15 is 0 Å². The summed E-state index contributed by atoms with van der Waals surface area (Å²) in [5.74, 6) is 0.160. The highest BCUT2D eigenvalue weighted by Gasteiger charge is 2.21. The fourth-order valence-corrected chi connectivity index (χ4v) is 2.34. The van der Waals surface area contributed by atoms with Crippen LogP contribution in [0, 0.1) is 0 Å². The van der Waals surface area contributed by atoms with Crippen LogP contribution in [0.1, 0.15) is 29.8 Å². The highest BCUT2D eigenvalue weighted by Crippen LogP contribution is 2.31. The van der Waals surface area contributed by atoms with Gasteiger partial charge in [-0.1, -0.05) is 11.6 Å². The van der Waals surface area contributed by atoms with E-state index < -0.39 is 0 Å². The second-order valence-electron chi connectivity index (χ2n) is 3.21. The summed E-state index contributed by atoms with van der Waals surface area (Å²) >= 11 is 9.33. The van der Waals surface area contributed by atoms with Crippen LogP contribution < -0.4 is 0 Å². The molecule has 70 valence electrons. The van der Waals surface area contributed by atoms with Crippen LogP contribution in [0.2, 0.25) is 5.02 Å². The lowest BCUT2D eigenvalue weighted by Gasteiger charge is -2.01. The fourth-order valence-electron chi connectivity index (χ4n) is 1.64. The van der Waals surface area contributed by atoms with Crippen LogP contribution in [0.4, 0.5) is 0 Å². The largest absolute Gasteiger partial charge is 0.343 e. The number of hydrogen-bond acceptors (Lipinski definition) is 1. The fraction of sp³-hybridized carbons (Fsp3) is 0.444. The second-order valence-corrected chi connectivity index (χ2v) is 4.45. The molecule has 0 bridgehead atoms. The predicted octanol–water partition coefficient (Wildman–Crippen LogP) is 3.27. The zero-order chi connectivity index (χ0) is 9.42. The molecular weight excluding hydrogens is 253 g/mol. The summed E-state index contributed by atoms with van der Waals surface area (Å²) in [6.07, 6.45) is 4.53. The molecule has 0 amide bonds. The third kappa shape index (κ3) is 1.55. The van der Waals surface area contributed by atoms with Crippen molar-refractivity contribution in [3.8, 4) is 0 Å². The molecule has 0 unspecified atom stereocenters. The van der Waals surface area contributed by atoms with Gasteiger partial charge in [0.1, 0.15) is 5.69 Å². The van der Waals surface area contributed by atoms with Gasteiger partial charge in [-0.05, 0) is 28.8 Å². The Bertz CT molecular complexity index is 359. The van der Waals surface area contributed by atoms with Gasteiger partial charge in [0.25, 0.3) is 0 Å². The lowest BCUT2D eigenvalue weighted by Crippen LogP contribution is -2.04. The van der Waals surface area contributed by atoms with Crippen molar-refractivity contribution in [3.63, 3.8) is 0 Å². The van der Waals surface area contributed by atoms with Gasteiger partial charge >= 0.3 is 0 Å². The van der Waals surface area contributed by atoms with Gasteiger partial charge in [-0.2, -0.15) is 0 Å². The van der Waals surface area contributed by atoms with Crippen LogP contribution >= 0.6 is 27.5 Å². The Morgan fingerprint density at radius 2 is 2.23 bits per heavy atom. The monoisotopic (exact) mass is 261 g/mol. The van der Waals surface area contributed by atoms with Crippen LogP contribution in [0.5, 0.6) is 0 Å². The first-order valence-electron chi connectivity index (χ1n) is 4.27. The van der Waals surface area contributed by atoms with E-state index in [1.807, 2.05) is 10.8 Å². The molecular formula is C9H9BrClNO. The Morgan fingerprint density at radius 3 is 3.00 bits per heavy atom. The molecule has 2 rings (SSSR count). The maximum Gasteiger partial charge on any atom is 0.180 e. The van der Waals surface area contributed by atoms with Gasteiger partial charge in [-0.25, -0.2) is 0 Å². The Labute approximate surface area is 90.0 Å². The highest BCUT2D eigenvalue weighted by molar-refractivity contribution is 9.10. The molecule has 4 heteroatoms. The SMILES string of the molecule is O=C1CCCCn2cc(Br)c(Cl)c21. The van der Waals surface area contributed by atoms with Crippen LogP contribution in [-0.2, 0) is 6.54 Å². The van der Waals surface area contributed by atoms with Gasteiger partial charge in [0.2, 0.25) is 0 Å². The average molecular weight is 263 g/mol. The number of aryl methyl sites for hydroxylation is 1. The van der Waals surface area contributed by atoms with Crippen LogP contribution in [0.3, 0.4) is 0 Å². The zero-order valence-corrected chi connectivity index (χ0v) is 9.36. The smallest absolute Gasteiger partial charge is 0.180 e. The van der Waals surface area contributed by atoms with Gasteiger partial charge in [0.15, 0.2) is 5.78 Å². The molecule has 1 aromatic rings.